The molecule has 10 heteroatoms. The van der Waals surface area contributed by atoms with E-state index in [2.05, 4.69) is 15.0 Å². The summed E-state index contributed by atoms with van der Waals surface area (Å²) in [5.74, 6) is -0.163. The Bertz CT molecular complexity index is 1510. The van der Waals surface area contributed by atoms with Gasteiger partial charge in [0, 0.05) is 34.6 Å². The zero-order chi connectivity index (χ0) is 23.8. The Morgan fingerprint density at radius 1 is 1.06 bits per heavy atom. The summed E-state index contributed by atoms with van der Waals surface area (Å²) in [5.41, 5.74) is 9.85. The van der Waals surface area contributed by atoms with Crippen molar-refractivity contribution in [2.75, 3.05) is 0 Å². The van der Waals surface area contributed by atoms with Crippen LogP contribution in [0.3, 0.4) is 0 Å². The summed E-state index contributed by atoms with van der Waals surface area (Å²) in [4.78, 5) is 25.1. The number of imidazole rings is 1. The van der Waals surface area contributed by atoms with Crippen molar-refractivity contribution in [2.24, 2.45) is 5.73 Å². The molecular formula is C24H17Cl2N5O2S. The molecule has 0 saturated carbocycles. The van der Waals surface area contributed by atoms with Crippen LogP contribution in [-0.4, -0.2) is 25.4 Å². The van der Waals surface area contributed by atoms with Gasteiger partial charge in [-0.2, -0.15) is 0 Å². The van der Waals surface area contributed by atoms with Crippen molar-refractivity contribution < 1.29 is 9.53 Å². The standard InChI is InChI=1S/C24H17Cl2N5O2S/c1-13(16-4-2-3-5-17(16)25)33-20-9-21(34-22(20)23(27)32)31-12-30-18-8-14(6-7-19(18)31)15-10-28-24(26)29-11-15/h2-13H,1H3,(H2,27,32). The van der Waals surface area contributed by atoms with Gasteiger partial charge in [0.25, 0.3) is 5.91 Å². The van der Waals surface area contributed by atoms with E-state index in [1.54, 1.807) is 30.9 Å². The number of nitrogens with zero attached hydrogens (tertiary/aromatic N) is 4. The van der Waals surface area contributed by atoms with Crippen LogP contribution in [0.2, 0.25) is 10.3 Å². The van der Waals surface area contributed by atoms with Gasteiger partial charge in [-0.1, -0.05) is 35.9 Å². The van der Waals surface area contributed by atoms with Crippen LogP contribution in [0.15, 0.2) is 67.3 Å². The number of benzene rings is 2. The highest BCUT2D eigenvalue weighted by molar-refractivity contribution is 7.16. The van der Waals surface area contributed by atoms with E-state index >= 15 is 0 Å². The Labute approximate surface area is 208 Å². The lowest BCUT2D eigenvalue weighted by atomic mass is 10.1. The number of carbonyl (C=O) groups excluding carboxylic acids is 1. The van der Waals surface area contributed by atoms with E-state index in [-0.39, 0.29) is 11.4 Å². The van der Waals surface area contributed by atoms with Crippen molar-refractivity contribution in [3.05, 3.63) is 88.0 Å². The maximum atomic E-state index is 12.2. The van der Waals surface area contributed by atoms with Crippen molar-refractivity contribution in [2.45, 2.75) is 13.0 Å². The van der Waals surface area contributed by atoms with Gasteiger partial charge in [0.15, 0.2) is 0 Å². The zero-order valence-electron chi connectivity index (χ0n) is 17.8. The van der Waals surface area contributed by atoms with Gasteiger partial charge in [-0.3, -0.25) is 9.36 Å². The lowest BCUT2D eigenvalue weighted by molar-refractivity contribution is 0.0998. The molecule has 2 N–H and O–H groups in total. The average Bonchev–Trinajstić information content (AvgIpc) is 3.43. The average molecular weight is 510 g/mol. The number of aromatic nitrogens is 4. The van der Waals surface area contributed by atoms with Gasteiger partial charge in [-0.15, -0.1) is 11.3 Å². The van der Waals surface area contributed by atoms with Crippen molar-refractivity contribution in [3.8, 4) is 21.9 Å². The SMILES string of the molecule is CC(Oc1cc(-n2cnc3cc(-c4cnc(Cl)nc4)ccc32)sc1C(N)=O)c1ccccc1Cl. The molecule has 1 amide bonds. The van der Waals surface area contributed by atoms with Crippen molar-refractivity contribution >= 4 is 51.5 Å². The number of rotatable bonds is 6. The Kier molecular flexibility index (Phi) is 5.95. The molecule has 1 unspecified atom stereocenters. The van der Waals surface area contributed by atoms with Gasteiger partial charge >= 0.3 is 0 Å². The highest BCUT2D eigenvalue weighted by Crippen LogP contribution is 2.37. The van der Waals surface area contributed by atoms with Gasteiger partial charge in [-0.05, 0) is 42.3 Å². The monoisotopic (exact) mass is 509 g/mol. The third-order valence-corrected chi connectivity index (χ3v) is 6.96. The van der Waals surface area contributed by atoms with E-state index in [0.717, 1.165) is 32.7 Å². The number of halogens is 2. The number of fused-ring (bicyclic) bond motifs is 1. The molecule has 5 aromatic rings. The van der Waals surface area contributed by atoms with E-state index in [4.69, 9.17) is 33.7 Å². The molecule has 5 rings (SSSR count). The summed E-state index contributed by atoms with van der Waals surface area (Å²) < 4.78 is 8.01. The number of thiophene rings is 1. The largest absolute Gasteiger partial charge is 0.484 e. The second-order valence-electron chi connectivity index (χ2n) is 7.48. The number of hydrogen-bond donors (Lipinski definition) is 1. The predicted molar refractivity (Wildman–Crippen MR) is 134 cm³/mol. The minimum atomic E-state index is -0.563. The Hall–Kier alpha value is -3.46. The number of nitrogens with two attached hydrogens (primary N) is 1. The lowest BCUT2D eigenvalue weighted by Gasteiger charge is -2.16. The molecule has 0 bridgehead atoms. The molecule has 170 valence electrons. The number of ether oxygens (including phenoxy) is 1. The van der Waals surface area contributed by atoms with Crippen LogP contribution < -0.4 is 10.5 Å². The molecular weight excluding hydrogens is 493 g/mol. The molecule has 0 aliphatic carbocycles. The molecule has 0 aliphatic heterocycles. The molecule has 3 aromatic heterocycles. The highest BCUT2D eigenvalue weighted by atomic mass is 35.5. The summed E-state index contributed by atoms with van der Waals surface area (Å²) >= 11 is 13.3. The Morgan fingerprint density at radius 2 is 1.82 bits per heavy atom. The van der Waals surface area contributed by atoms with E-state index < -0.39 is 5.91 Å². The van der Waals surface area contributed by atoms with Crippen molar-refractivity contribution in [1.29, 1.82) is 0 Å². The maximum Gasteiger partial charge on any atom is 0.262 e. The minimum Gasteiger partial charge on any atom is -0.484 e. The Balaban J connectivity index is 1.50. The number of hydrogen-bond acceptors (Lipinski definition) is 6. The molecule has 34 heavy (non-hydrogen) atoms. The first-order valence-electron chi connectivity index (χ1n) is 10.2. The number of primary amides is 1. The van der Waals surface area contributed by atoms with Crippen LogP contribution in [0.25, 0.3) is 27.2 Å². The van der Waals surface area contributed by atoms with Gasteiger partial charge < -0.3 is 10.5 Å². The molecule has 0 saturated heterocycles. The van der Waals surface area contributed by atoms with Gasteiger partial charge in [0.1, 0.15) is 28.1 Å². The third-order valence-electron chi connectivity index (χ3n) is 5.29. The van der Waals surface area contributed by atoms with Crippen molar-refractivity contribution in [3.63, 3.8) is 0 Å². The second kappa shape index (κ2) is 9.06. The van der Waals surface area contributed by atoms with E-state index in [0.29, 0.717) is 15.6 Å². The fourth-order valence-corrected chi connectivity index (χ4v) is 4.94. The summed E-state index contributed by atoms with van der Waals surface area (Å²) in [6.45, 7) is 1.87. The van der Waals surface area contributed by atoms with Crippen molar-refractivity contribution in [1.82, 2.24) is 19.5 Å². The summed E-state index contributed by atoms with van der Waals surface area (Å²) in [6, 6.07) is 15.1. The quantitative estimate of drug-likeness (QED) is 0.279. The van der Waals surface area contributed by atoms with Crippen LogP contribution in [0, 0.1) is 0 Å². The molecule has 0 aliphatic rings. The van der Waals surface area contributed by atoms with Crippen LogP contribution in [0.1, 0.15) is 28.3 Å². The number of carbonyl (C=O) groups is 1. The van der Waals surface area contributed by atoms with Gasteiger partial charge in [0.05, 0.1) is 11.0 Å². The molecule has 3 heterocycles. The summed E-state index contributed by atoms with van der Waals surface area (Å²) in [5, 5.41) is 1.53. The van der Waals surface area contributed by atoms with Crippen LogP contribution in [-0.2, 0) is 0 Å². The van der Waals surface area contributed by atoms with Crippen LogP contribution in [0.4, 0.5) is 0 Å². The minimum absolute atomic E-state index is 0.193. The lowest BCUT2D eigenvalue weighted by Crippen LogP contribution is -2.12. The molecule has 1 atom stereocenters. The molecule has 0 spiro atoms. The first kappa shape index (κ1) is 22.3. The number of amides is 1. The molecule has 0 fully saturated rings. The topological polar surface area (TPSA) is 95.9 Å². The summed E-state index contributed by atoms with van der Waals surface area (Å²) in [6.07, 6.45) is 4.65. The second-order valence-corrected chi connectivity index (χ2v) is 9.26. The van der Waals surface area contributed by atoms with Gasteiger partial charge in [-0.25, -0.2) is 15.0 Å². The fourth-order valence-electron chi connectivity index (χ4n) is 3.63. The van der Waals surface area contributed by atoms with E-state index in [1.807, 2.05) is 47.9 Å². The van der Waals surface area contributed by atoms with Crippen LogP contribution in [0.5, 0.6) is 5.75 Å². The summed E-state index contributed by atoms with van der Waals surface area (Å²) in [7, 11) is 0. The normalized spacial score (nSPS) is 12.1. The maximum absolute atomic E-state index is 12.2. The third kappa shape index (κ3) is 4.23. The smallest absolute Gasteiger partial charge is 0.262 e. The first-order valence-corrected chi connectivity index (χ1v) is 11.8. The zero-order valence-corrected chi connectivity index (χ0v) is 20.1. The fraction of sp³-hybridized carbons (Fsp3) is 0.0833. The van der Waals surface area contributed by atoms with Crippen LogP contribution >= 0.6 is 34.5 Å². The molecule has 0 radical (unpaired) electrons. The first-order chi connectivity index (χ1) is 16.4. The predicted octanol–water partition coefficient (Wildman–Crippen LogP) is 6.09. The van der Waals surface area contributed by atoms with E-state index in [9.17, 15) is 4.79 Å². The Morgan fingerprint density at radius 3 is 2.56 bits per heavy atom. The van der Waals surface area contributed by atoms with E-state index in [1.165, 1.54) is 11.3 Å². The molecule has 2 aromatic carbocycles. The van der Waals surface area contributed by atoms with Gasteiger partial charge in [0.2, 0.25) is 5.28 Å². The molecule has 7 nitrogen and oxygen atoms in total. The highest BCUT2D eigenvalue weighted by Gasteiger charge is 2.21.